The molecule has 0 aliphatic rings. The first-order valence-corrected chi connectivity index (χ1v) is 3.09. The van der Waals surface area contributed by atoms with Crippen molar-refractivity contribution in [3.8, 4) is 0 Å². The largest absolute Gasteiger partial charge is 0.379 e. The van der Waals surface area contributed by atoms with Gasteiger partial charge in [0.15, 0.2) is 6.29 Å². The lowest BCUT2D eigenvalue weighted by Crippen LogP contribution is -2.18. The first-order valence-electron chi connectivity index (χ1n) is 3.09. The molecule has 1 atom stereocenters. The zero-order chi connectivity index (χ0) is 7.11. The second kappa shape index (κ2) is 6.01. The van der Waals surface area contributed by atoms with Crippen LogP contribution in [0.5, 0.6) is 0 Å². The molecule has 0 heterocycles. The van der Waals surface area contributed by atoms with Crippen LogP contribution in [0.15, 0.2) is 0 Å². The predicted molar refractivity (Wildman–Crippen MR) is 34.1 cm³/mol. The van der Waals surface area contributed by atoms with Crippen LogP contribution in [0.1, 0.15) is 13.3 Å². The molecule has 56 valence electrons. The molecule has 0 amide bonds. The molecule has 0 radical (unpaired) electrons. The third-order valence-electron chi connectivity index (χ3n) is 0.824. The Kier molecular flexibility index (Phi) is 5.93. The molecule has 9 heavy (non-hydrogen) atoms. The first-order chi connectivity index (χ1) is 4.31. The van der Waals surface area contributed by atoms with E-state index in [1.54, 1.807) is 0 Å². The lowest BCUT2D eigenvalue weighted by Gasteiger charge is -2.08. The molecule has 1 N–H and O–H groups in total. The zero-order valence-electron chi connectivity index (χ0n) is 5.96. The molecule has 0 rings (SSSR count). The summed E-state index contributed by atoms with van der Waals surface area (Å²) in [5.74, 6) is 0. The highest BCUT2D eigenvalue weighted by molar-refractivity contribution is 4.34. The average Bonchev–Trinajstić information content (AvgIpc) is 1.85. The highest BCUT2D eigenvalue weighted by Crippen LogP contribution is 1.88. The van der Waals surface area contributed by atoms with E-state index in [4.69, 9.17) is 9.84 Å². The van der Waals surface area contributed by atoms with Crippen molar-refractivity contribution in [2.75, 3.05) is 20.3 Å². The molecule has 0 aromatic rings. The summed E-state index contributed by atoms with van der Waals surface area (Å²) < 4.78 is 9.49. The molecule has 0 aliphatic heterocycles. The van der Waals surface area contributed by atoms with Gasteiger partial charge in [-0.05, 0) is 6.42 Å². The van der Waals surface area contributed by atoms with E-state index >= 15 is 0 Å². The Labute approximate surface area is 55.6 Å². The summed E-state index contributed by atoms with van der Waals surface area (Å²) in [4.78, 5) is 0. The fraction of sp³-hybridized carbons (Fsp3) is 1.00. The normalized spacial score (nSPS) is 13.7. The van der Waals surface area contributed by atoms with Gasteiger partial charge in [-0.25, -0.2) is 0 Å². The van der Waals surface area contributed by atoms with Crippen LogP contribution in [0.2, 0.25) is 0 Å². The maximum atomic E-state index is 8.83. The Hall–Kier alpha value is -0.120. The van der Waals surface area contributed by atoms with Crippen LogP contribution in [0.3, 0.4) is 0 Å². The summed E-state index contributed by atoms with van der Waals surface area (Å²) in [6.07, 6.45) is 0.163. The number of ether oxygens (including phenoxy) is 2. The minimum absolute atomic E-state index is 0.250. The predicted octanol–water partition coefficient (Wildman–Crippen LogP) is 0.378. The third kappa shape index (κ3) is 5.76. The van der Waals surface area contributed by atoms with E-state index in [-0.39, 0.29) is 6.61 Å². The lowest BCUT2D eigenvalue weighted by atomic mass is 10.5. The maximum absolute atomic E-state index is 8.83. The molecule has 1 unspecified atom stereocenters. The van der Waals surface area contributed by atoms with Crippen LogP contribution in [0.4, 0.5) is 0 Å². The minimum Gasteiger partial charge on any atom is -0.379 e. The quantitative estimate of drug-likeness (QED) is 0.552. The highest BCUT2D eigenvalue weighted by Gasteiger charge is 1.99. The van der Waals surface area contributed by atoms with Gasteiger partial charge >= 0.3 is 0 Å². The molecule has 3 nitrogen and oxygen atoms in total. The van der Waals surface area contributed by atoms with Gasteiger partial charge in [0.1, 0.15) is 0 Å². The highest BCUT2D eigenvalue weighted by atomic mass is 16.6. The topological polar surface area (TPSA) is 38.7 Å². The number of methoxy groups -OCH3 is 1. The van der Waals surface area contributed by atoms with E-state index in [2.05, 4.69) is 4.74 Å². The summed E-state index contributed by atoms with van der Waals surface area (Å²) in [5, 5.41) is 8.83. The second-order valence-corrected chi connectivity index (χ2v) is 1.78. The van der Waals surface area contributed by atoms with Crippen molar-refractivity contribution in [3.05, 3.63) is 0 Å². The van der Waals surface area contributed by atoms with E-state index in [1.165, 1.54) is 7.11 Å². The third-order valence-corrected chi connectivity index (χ3v) is 0.824. The van der Waals surface area contributed by atoms with Crippen molar-refractivity contribution in [2.24, 2.45) is 0 Å². The summed E-state index contributed by atoms with van der Waals surface area (Å²) in [5.41, 5.74) is 0. The van der Waals surface area contributed by atoms with Crippen molar-refractivity contribution >= 4 is 0 Å². The van der Waals surface area contributed by atoms with Gasteiger partial charge in [0.2, 0.25) is 0 Å². The Morgan fingerprint density at radius 2 is 2.22 bits per heavy atom. The fourth-order valence-corrected chi connectivity index (χ4v) is 0.445. The number of hydrogen-bond acceptors (Lipinski definition) is 3. The lowest BCUT2D eigenvalue weighted by molar-refractivity contribution is -0.131. The standard InChI is InChI=1S/C6H14O3/c1-3-4-9-6(7)5-8-2/h6-7H,3-5H2,1-2H3. The number of aliphatic hydroxyl groups is 1. The summed E-state index contributed by atoms with van der Waals surface area (Å²) in [6, 6.07) is 0. The molecular weight excluding hydrogens is 120 g/mol. The Morgan fingerprint density at radius 1 is 1.56 bits per heavy atom. The van der Waals surface area contributed by atoms with Crippen molar-refractivity contribution in [1.82, 2.24) is 0 Å². The number of hydrogen-bond donors (Lipinski definition) is 1. The maximum Gasteiger partial charge on any atom is 0.178 e. The van der Waals surface area contributed by atoms with Gasteiger partial charge in [0.25, 0.3) is 0 Å². The van der Waals surface area contributed by atoms with Gasteiger partial charge in [-0.15, -0.1) is 0 Å². The van der Waals surface area contributed by atoms with E-state index in [0.29, 0.717) is 6.61 Å². The minimum atomic E-state index is -0.755. The van der Waals surface area contributed by atoms with Crippen molar-refractivity contribution in [1.29, 1.82) is 0 Å². The van der Waals surface area contributed by atoms with Crippen LogP contribution in [-0.4, -0.2) is 31.7 Å². The van der Waals surface area contributed by atoms with E-state index in [9.17, 15) is 0 Å². The Morgan fingerprint density at radius 3 is 2.67 bits per heavy atom. The molecule has 0 spiro atoms. The monoisotopic (exact) mass is 134 g/mol. The van der Waals surface area contributed by atoms with Gasteiger partial charge in [-0.2, -0.15) is 0 Å². The van der Waals surface area contributed by atoms with Crippen LogP contribution in [0.25, 0.3) is 0 Å². The van der Waals surface area contributed by atoms with Crippen LogP contribution >= 0.6 is 0 Å². The van der Waals surface area contributed by atoms with E-state index < -0.39 is 6.29 Å². The first kappa shape index (κ1) is 8.88. The van der Waals surface area contributed by atoms with Crippen molar-refractivity contribution in [2.45, 2.75) is 19.6 Å². The van der Waals surface area contributed by atoms with Crippen LogP contribution in [-0.2, 0) is 9.47 Å². The number of aliphatic hydroxyl groups excluding tert-OH is 1. The average molecular weight is 134 g/mol. The summed E-state index contributed by atoms with van der Waals surface area (Å²) in [6.45, 7) is 2.82. The van der Waals surface area contributed by atoms with Crippen LogP contribution < -0.4 is 0 Å². The summed E-state index contributed by atoms with van der Waals surface area (Å²) >= 11 is 0. The molecule has 0 aromatic carbocycles. The summed E-state index contributed by atoms with van der Waals surface area (Å²) in [7, 11) is 1.53. The molecule has 3 heteroatoms. The van der Waals surface area contributed by atoms with Gasteiger partial charge in [-0.1, -0.05) is 6.92 Å². The van der Waals surface area contributed by atoms with Gasteiger partial charge in [0, 0.05) is 13.7 Å². The van der Waals surface area contributed by atoms with Gasteiger partial charge in [0.05, 0.1) is 6.61 Å². The molecule has 0 aromatic heterocycles. The van der Waals surface area contributed by atoms with Gasteiger partial charge < -0.3 is 14.6 Å². The Bertz CT molecular complexity index is 56.3. The molecule has 0 saturated carbocycles. The Balaban J connectivity index is 2.95. The van der Waals surface area contributed by atoms with E-state index in [0.717, 1.165) is 6.42 Å². The molecular formula is C6H14O3. The molecule has 0 fully saturated rings. The number of rotatable bonds is 5. The smallest absolute Gasteiger partial charge is 0.178 e. The molecule has 0 aliphatic carbocycles. The zero-order valence-corrected chi connectivity index (χ0v) is 5.96. The molecule has 0 bridgehead atoms. The second-order valence-electron chi connectivity index (χ2n) is 1.78. The molecule has 0 saturated heterocycles. The SMILES string of the molecule is CCCOC(O)COC. The van der Waals surface area contributed by atoms with Crippen molar-refractivity contribution in [3.63, 3.8) is 0 Å². The van der Waals surface area contributed by atoms with Crippen LogP contribution in [0, 0.1) is 0 Å². The van der Waals surface area contributed by atoms with Gasteiger partial charge in [-0.3, -0.25) is 0 Å². The van der Waals surface area contributed by atoms with E-state index in [1.807, 2.05) is 6.92 Å². The fourth-order valence-electron chi connectivity index (χ4n) is 0.445. The van der Waals surface area contributed by atoms with Crippen molar-refractivity contribution < 1.29 is 14.6 Å².